The van der Waals surface area contributed by atoms with Crippen molar-refractivity contribution in [3.8, 4) is 0 Å². The van der Waals surface area contributed by atoms with Gasteiger partial charge in [0.05, 0.1) is 0 Å². The summed E-state index contributed by atoms with van der Waals surface area (Å²) in [5.41, 5.74) is 2.97. The van der Waals surface area contributed by atoms with Crippen LogP contribution in [0.15, 0.2) is 48.5 Å². The van der Waals surface area contributed by atoms with Crippen LogP contribution in [0, 0.1) is 0 Å². The molecule has 1 aliphatic heterocycles. The van der Waals surface area contributed by atoms with Crippen LogP contribution >= 0.6 is 11.6 Å². The van der Waals surface area contributed by atoms with Gasteiger partial charge in [0, 0.05) is 36.0 Å². The fourth-order valence-electron chi connectivity index (χ4n) is 3.32. The van der Waals surface area contributed by atoms with Gasteiger partial charge >= 0.3 is 0 Å². The number of carbonyl (C=O) groups is 2. The van der Waals surface area contributed by atoms with Gasteiger partial charge in [-0.3, -0.25) is 9.59 Å². The second-order valence-electron chi connectivity index (χ2n) is 7.05. The SMILES string of the molecule is O=C(CC(=O)Nc1ccc(N2CCCCC2)cc1)NCCc1ccc(Cl)cc1. The van der Waals surface area contributed by atoms with Gasteiger partial charge < -0.3 is 15.5 Å². The van der Waals surface area contributed by atoms with Gasteiger partial charge in [0.2, 0.25) is 11.8 Å². The largest absolute Gasteiger partial charge is 0.372 e. The molecular formula is C22H26ClN3O2. The molecule has 1 saturated heterocycles. The second-order valence-corrected chi connectivity index (χ2v) is 7.48. The zero-order valence-electron chi connectivity index (χ0n) is 15.9. The zero-order valence-corrected chi connectivity index (χ0v) is 16.7. The minimum Gasteiger partial charge on any atom is -0.372 e. The van der Waals surface area contributed by atoms with E-state index >= 15 is 0 Å². The summed E-state index contributed by atoms with van der Waals surface area (Å²) in [6, 6.07) is 15.3. The number of benzene rings is 2. The molecule has 0 unspecified atom stereocenters. The minimum atomic E-state index is -0.310. The van der Waals surface area contributed by atoms with E-state index in [2.05, 4.69) is 15.5 Å². The molecule has 6 heteroatoms. The molecule has 0 atom stereocenters. The first-order valence-electron chi connectivity index (χ1n) is 9.76. The zero-order chi connectivity index (χ0) is 19.8. The van der Waals surface area contributed by atoms with Crippen molar-refractivity contribution in [1.29, 1.82) is 0 Å². The molecule has 0 radical (unpaired) electrons. The third-order valence-electron chi connectivity index (χ3n) is 4.84. The molecular weight excluding hydrogens is 374 g/mol. The Hall–Kier alpha value is -2.53. The molecule has 1 fully saturated rings. The van der Waals surface area contributed by atoms with Crippen molar-refractivity contribution in [3.05, 3.63) is 59.1 Å². The van der Waals surface area contributed by atoms with Crippen LogP contribution in [0.2, 0.25) is 5.02 Å². The van der Waals surface area contributed by atoms with Crippen molar-refractivity contribution in [3.63, 3.8) is 0 Å². The van der Waals surface area contributed by atoms with E-state index < -0.39 is 0 Å². The van der Waals surface area contributed by atoms with Crippen molar-refractivity contribution in [1.82, 2.24) is 5.32 Å². The van der Waals surface area contributed by atoms with Gasteiger partial charge in [-0.1, -0.05) is 23.7 Å². The molecule has 0 spiro atoms. The van der Waals surface area contributed by atoms with Crippen molar-refractivity contribution in [2.75, 3.05) is 29.9 Å². The fraction of sp³-hybridized carbons (Fsp3) is 0.364. The molecule has 1 heterocycles. The first-order chi connectivity index (χ1) is 13.6. The molecule has 28 heavy (non-hydrogen) atoms. The monoisotopic (exact) mass is 399 g/mol. The molecule has 0 aliphatic carbocycles. The highest BCUT2D eigenvalue weighted by atomic mass is 35.5. The van der Waals surface area contributed by atoms with E-state index in [1.807, 2.05) is 48.5 Å². The lowest BCUT2D eigenvalue weighted by atomic mass is 10.1. The van der Waals surface area contributed by atoms with Gasteiger partial charge in [0.15, 0.2) is 0 Å². The van der Waals surface area contributed by atoms with Gasteiger partial charge in [0.25, 0.3) is 0 Å². The minimum absolute atomic E-state index is 0.186. The van der Waals surface area contributed by atoms with Gasteiger partial charge in [-0.2, -0.15) is 0 Å². The highest BCUT2D eigenvalue weighted by Crippen LogP contribution is 2.21. The molecule has 0 bridgehead atoms. The second kappa shape index (κ2) is 10.1. The lowest BCUT2D eigenvalue weighted by Gasteiger charge is -2.28. The molecule has 2 aromatic rings. The summed E-state index contributed by atoms with van der Waals surface area (Å²) in [6.07, 6.45) is 4.26. The smallest absolute Gasteiger partial charge is 0.233 e. The molecule has 2 aromatic carbocycles. The fourth-order valence-corrected chi connectivity index (χ4v) is 3.44. The molecule has 2 amide bonds. The predicted octanol–water partition coefficient (Wildman–Crippen LogP) is 4.02. The highest BCUT2D eigenvalue weighted by molar-refractivity contribution is 6.30. The Morgan fingerprint density at radius 2 is 1.57 bits per heavy atom. The molecule has 1 aliphatic rings. The maximum atomic E-state index is 12.1. The van der Waals surface area contributed by atoms with Gasteiger partial charge in [-0.05, 0) is 67.6 Å². The number of amides is 2. The number of halogens is 1. The molecule has 2 N–H and O–H groups in total. The predicted molar refractivity (Wildman–Crippen MR) is 114 cm³/mol. The number of piperidine rings is 1. The van der Waals surface area contributed by atoms with Crippen molar-refractivity contribution < 1.29 is 9.59 Å². The molecule has 0 saturated carbocycles. The van der Waals surface area contributed by atoms with E-state index in [-0.39, 0.29) is 18.2 Å². The lowest BCUT2D eigenvalue weighted by Crippen LogP contribution is -2.30. The number of carbonyl (C=O) groups excluding carboxylic acids is 2. The summed E-state index contributed by atoms with van der Waals surface area (Å²) < 4.78 is 0. The summed E-state index contributed by atoms with van der Waals surface area (Å²) in [5.74, 6) is -0.592. The van der Waals surface area contributed by atoms with Crippen LogP contribution in [-0.2, 0) is 16.0 Å². The van der Waals surface area contributed by atoms with Crippen molar-refractivity contribution in [2.45, 2.75) is 32.1 Å². The molecule has 3 rings (SSSR count). The molecule has 5 nitrogen and oxygen atoms in total. The lowest BCUT2D eigenvalue weighted by molar-refractivity contribution is -0.126. The molecule has 148 valence electrons. The first kappa shape index (κ1) is 20.2. The van der Waals surface area contributed by atoms with E-state index in [1.165, 1.54) is 24.9 Å². The quantitative estimate of drug-likeness (QED) is 0.691. The van der Waals surface area contributed by atoms with Crippen LogP contribution in [0.3, 0.4) is 0 Å². The number of rotatable bonds is 7. The number of anilines is 2. The first-order valence-corrected chi connectivity index (χ1v) is 10.1. The number of hydrogen-bond acceptors (Lipinski definition) is 3. The van der Waals surface area contributed by atoms with E-state index in [9.17, 15) is 9.59 Å². The number of nitrogens with zero attached hydrogens (tertiary/aromatic N) is 1. The van der Waals surface area contributed by atoms with Crippen LogP contribution in [0.25, 0.3) is 0 Å². The summed E-state index contributed by atoms with van der Waals surface area (Å²) in [5, 5.41) is 6.25. The Kier molecular flexibility index (Phi) is 7.31. The average Bonchev–Trinajstić information content (AvgIpc) is 2.70. The van der Waals surface area contributed by atoms with E-state index in [4.69, 9.17) is 11.6 Å². The van der Waals surface area contributed by atoms with Crippen LogP contribution in [0.5, 0.6) is 0 Å². The van der Waals surface area contributed by atoms with Crippen molar-refractivity contribution in [2.24, 2.45) is 0 Å². The van der Waals surface area contributed by atoms with Gasteiger partial charge in [-0.25, -0.2) is 0 Å². The van der Waals surface area contributed by atoms with Crippen LogP contribution in [0.1, 0.15) is 31.2 Å². The third-order valence-corrected chi connectivity index (χ3v) is 5.09. The van der Waals surface area contributed by atoms with Crippen LogP contribution in [-0.4, -0.2) is 31.4 Å². The van der Waals surface area contributed by atoms with Crippen molar-refractivity contribution >= 4 is 34.8 Å². The Labute approximate surface area is 171 Å². The third kappa shape index (κ3) is 6.27. The van der Waals surface area contributed by atoms with E-state index in [0.717, 1.165) is 18.7 Å². The summed E-state index contributed by atoms with van der Waals surface area (Å²) in [6.45, 7) is 2.65. The summed E-state index contributed by atoms with van der Waals surface area (Å²) in [4.78, 5) is 26.4. The Bertz CT molecular complexity index is 784. The Morgan fingerprint density at radius 3 is 2.25 bits per heavy atom. The summed E-state index contributed by atoms with van der Waals surface area (Å²) >= 11 is 5.85. The summed E-state index contributed by atoms with van der Waals surface area (Å²) in [7, 11) is 0. The highest BCUT2D eigenvalue weighted by Gasteiger charge is 2.12. The number of nitrogens with one attached hydrogen (secondary N) is 2. The van der Waals surface area contributed by atoms with E-state index in [0.29, 0.717) is 23.7 Å². The van der Waals surface area contributed by atoms with E-state index in [1.54, 1.807) is 0 Å². The normalized spacial score (nSPS) is 13.8. The topological polar surface area (TPSA) is 61.4 Å². The van der Waals surface area contributed by atoms with Crippen LogP contribution < -0.4 is 15.5 Å². The maximum absolute atomic E-state index is 12.1. The van der Waals surface area contributed by atoms with Crippen LogP contribution in [0.4, 0.5) is 11.4 Å². The number of hydrogen-bond donors (Lipinski definition) is 2. The standard InChI is InChI=1S/C22H26ClN3O2/c23-18-6-4-17(5-7-18)12-13-24-21(27)16-22(28)25-19-8-10-20(11-9-19)26-14-2-1-3-15-26/h4-11H,1-3,12-16H2,(H,24,27)(H,25,28). The molecule has 0 aromatic heterocycles. The van der Waals surface area contributed by atoms with Gasteiger partial charge in [0.1, 0.15) is 6.42 Å². The Balaban J connectivity index is 1.39. The van der Waals surface area contributed by atoms with Gasteiger partial charge in [-0.15, -0.1) is 0 Å². The average molecular weight is 400 g/mol. The Morgan fingerprint density at radius 1 is 0.893 bits per heavy atom. The maximum Gasteiger partial charge on any atom is 0.233 e.